The van der Waals surface area contributed by atoms with Gasteiger partial charge in [-0.1, -0.05) is 5.75 Å². The molecule has 0 spiro atoms. The lowest BCUT2D eigenvalue weighted by Gasteiger charge is -2.19. The molecule has 10 heteroatoms. The molecule has 0 radical (unpaired) electrons. The number of nitro benzene ring substituents is 1. The number of quaternary nitrogens is 1. The Hall–Kier alpha value is -2.98. The second kappa shape index (κ2) is 7.95. The third kappa shape index (κ3) is 3.69. The van der Waals surface area contributed by atoms with Gasteiger partial charge in [-0.15, -0.1) is 11.3 Å². The van der Waals surface area contributed by atoms with Crippen LogP contribution in [0.1, 0.15) is 26.4 Å². The molecule has 2 heterocycles. The molecule has 28 heavy (non-hydrogen) atoms. The summed E-state index contributed by atoms with van der Waals surface area (Å²) in [5.41, 5.74) is 1.06. The summed E-state index contributed by atoms with van der Waals surface area (Å²) in [6, 6.07) is 2.21. The molecule has 0 fully saturated rings. The number of hydrogen-bond donors (Lipinski definition) is 1. The first-order chi connectivity index (χ1) is 13.3. The molecule has 1 N–H and O–H groups in total. The number of thiophene rings is 1. The maximum atomic E-state index is 12.4. The van der Waals surface area contributed by atoms with Crippen LogP contribution in [0.25, 0.3) is 0 Å². The maximum absolute atomic E-state index is 12.4. The van der Waals surface area contributed by atoms with E-state index in [0.717, 1.165) is 42.1 Å². The van der Waals surface area contributed by atoms with Crippen molar-refractivity contribution < 1.29 is 29.2 Å². The summed E-state index contributed by atoms with van der Waals surface area (Å²) in [5.74, 6) is -1.13. The average Bonchev–Trinajstić information content (AvgIpc) is 3.03. The summed E-state index contributed by atoms with van der Waals surface area (Å²) >= 11 is 1.37. The lowest BCUT2D eigenvalue weighted by molar-refractivity contribution is -0.895. The zero-order valence-corrected chi connectivity index (χ0v) is 16.4. The fourth-order valence-corrected chi connectivity index (χ4v) is 4.39. The molecule has 1 unspecified atom stereocenters. The summed E-state index contributed by atoms with van der Waals surface area (Å²) in [5, 5.41) is 23.9. The Labute approximate surface area is 165 Å². The highest BCUT2D eigenvalue weighted by Crippen LogP contribution is 2.38. The highest BCUT2D eigenvalue weighted by Gasteiger charge is 2.29. The van der Waals surface area contributed by atoms with E-state index in [1.165, 1.54) is 36.7 Å². The number of fused-ring (bicyclic) bond motifs is 1. The molecular formula is C18H19N3O6S. The number of rotatable bonds is 5. The summed E-state index contributed by atoms with van der Waals surface area (Å²) in [6.45, 7) is 1.67. The largest absolute Gasteiger partial charge is 0.870 e. The number of methoxy groups -OCH3 is 2. The van der Waals surface area contributed by atoms with Gasteiger partial charge in [0.05, 0.1) is 43.7 Å². The number of likely N-dealkylation sites (N-methyl/N-ethyl adjacent to an activating group) is 1. The lowest BCUT2D eigenvalue weighted by Crippen LogP contribution is -3.08. The maximum Gasteiger partial charge on any atom is 0.341 e. The van der Waals surface area contributed by atoms with Crippen LogP contribution in [0.3, 0.4) is 0 Å². The van der Waals surface area contributed by atoms with Crippen LogP contribution in [0, 0.1) is 10.1 Å². The molecule has 1 aliphatic rings. The van der Waals surface area contributed by atoms with Gasteiger partial charge >= 0.3 is 5.97 Å². The number of carbonyl (C=O) groups excluding carboxylic acids is 1. The van der Waals surface area contributed by atoms with Crippen molar-refractivity contribution in [1.29, 1.82) is 0 Å². The number of hydrogen-bond acceptors (Lipinski definition) is 8. The van der Waals surface area contributed by atoms with E-state index in [0.29, 0.717) is 10.6 Å². The Kier molecular flexibility index (Phi) is 5.61. The van der Waals surface area contributed by atoms with Gasteiger partial charge in [0.2, 0.25) is 0 Å². The van der Waals surface area contributed by atoms with Gasteiger partial charge in [-0.2, -0.15) is 0 Å². The van der Waals surface area contributed by atoms with Crippen molar-refractivity contribution in [3.05, 3.63) is 43.8 Å². The molecule has 0 bridgehead atoms. The van der Waals surface area contributed by atoms with E-state index < -0.39 is 16.6 Å². The molecule has 1 aromatic heterocycles. The number of benzene rings is 1. The zero-order valence-electron chi connectivity index (χ0n) is 15.6. The number of esters is 1. The van der Waals surface area contributed by atoms with E-state index in [9.17, 15) is 20.0 Å². The number of aliphatic imine (C=N–C) groups is 1. The van der Waals surface area contributed by atoms with Crippen LogP contribution in [0.5, 0.6) is 11.5 Å². The molecule has 0 amide bonds. The summed E-state index contributed by atoms with van der Waals surface area (Å²) in [4.78, 5) is 29.5. The van der Waals surface area contributed by atoms with Gasteiger partial charge < -0.3 is 19.5 Å². The standard InChI is InChI=1S/C18H19N3O6S/c1-20-5-4-12-14(9-20)28-17(15(12)18(23)27-3)19-8-10-6-11(21(24)25)7-13(26-2)16(10)22/h6-8,22H,4-5,9H2,1-3H3. The first kappa shape index (κ1) is 19.8. The Balaban J connectivity index is 2.07. The predicted molar refractivity (Wildman–Crippen MR) is 101 cm³/mol. The van der Waals surface area contributed by atoms with Gasteiger partial charge in [0.1, 0.15) is 22.9 Å². The average molecular weight is 405 g/mol. The zero-order chi connectivity index (χ0) is 20.4. The fourth-order valence-electron chi connectivity index (χ4n) is 3.10. The molecule has 3 rings (SSSR count). The molecule has 0 aliphatic carbocycles. The number of non-ortho nitro benzene ring substituents is 1. The van der Waals surface area contributed by atoms with Gasteiger partial charge in [-0.25, -0.2) is 9.79 Å². The third-order valence-electron chi connectivity index (χ3n) is 4.55. The van der Waals surface area contributed by atoms with Crippen molar-refractivity contribution in [2.75, 3.05) is 27.8 Å². The van der Waals surface area contributed by atoms with Crippen LogP contribution in [0.4, 0.5) is 10.7 Å². The van der Waals surface area contributed by atoms with E-state index in [1.54, 1.807) is 0 Å². The SMILES string of the molecule is COC(=O)c1c(N=Cc2cc([N+](=O)[O-])cc(OC)c2[O-])sc2c1CC[NH+](C)C2. The highest BCUT2D eigenvalue weighted by atomic mass is 32.1. The van der Waals surface area contributed by atoms with Crippen LogP contribution in [0.2, 0.25) is 0 Å². The topological polar surface area (TPSA) is 119 Å². The quantitative estimate of drug-likeness (QED) is 0.341. The normalized spacial score (nSPS) is 16.0. The van der Waals surface area contributed by atoms with E-state index in [4.69, 9.17) is 9.47 Å². The minimum absolute atomic E-state index is 0.0102. The fraction of sp³-hybridized carbons (Fsp3) is 0.333. The number of nitrogens with zero attached hydrogens (tertiary/aromatic N) is 2. The van der Waals surface area contributed by atoms with Crippen molar-refractivity contribution in [1.82, 2.24) is 0 Å². The predicted octanol–water partition coefficient (Wildman–Crippen LogP) is 0.846. The van der Waals surface area contributed by atoms with Crippen LogP contribution >= 0.6 is 11.3 Å². The minimum atomic E-state index is -0.609. The first-order valence-electron chi connectivity index (χ1n) is 8.47. The molecule has 0 saturated carbocycles. The molecule has 1 atom stereocenters. The monoisotopic (exact) mass is 405 g/mol. The summed E-state index contributed by atoms with van der Waals surface area (Å²) < 4.78 is 9.84. The van der Waals surface area contributed by atoms with Crippen LogP contribution in [0.15, 0.2) is 17.1 Å². The highest BCUT2D eigenvalue weighted by molar-refractivity contribution is 7.16. The Bertz CT molecular complexity index is 969. The lowest BCUT2D eigenvalue weighted by atomic mass is 10.0. The number of nitrogens with one attached hydrogen (secondary N) is 1. The van der Waals surface area contributed by atoms with Crippen molar-refractivity contribution in [2.45, 2.75) is 13.0 Å². The molecule has 1 aromatic carbocycles. The molecular weight excluding hydrogens is 386 g/mol. The van der Waals surface area contributed by atoms with E-state index in [2.05, 4.69) is 12.0 Å². The Morgan fingerprint density at radius 2 is 2.14 bits per heavy atom. The molecule has 1 aliphatic heterocycles. The van der Waals surface area contributed by atoms with Gasteiger partial charge in [-0.05, 0) is 11.1 Å². The molecule has 2 aromatic rings. The van der Waals surface area contributed by atoms with E-state index >= 15 is 0 Å². The van der Waals surface area contributed by atoms with Gasteiger partial charge in [-0.3, -0.25) is 10.1 Å². The third-order valence-corrected chi connectivity index (χ3v) is 5.69. The second-order valence-corrected chi connectivity index (χ2v) is 7.47. The van der Waals surface area contributed by atoms with Crippen LogP contribution in [-0.2, 0) is 17.7 Å². The molecule has 148 valence electrons. The number of nitro groups is 1. The van der Waals surface area contributed by atoms with Crippen LogP contribution in [-0.4, -0.2) is 44.9 Å². The summed E-state index contributed by atoms with van der Waals surface area (Å²) in [7, 11) is 4.65. The van der Waals surface area contributed by atoms with Gasteiger partial charge in [0.25, 0.3) is 5.69 Å². The molecule has 9 nitrogen and oxygen atoms in total. The van der Waals surface area contributed by atoms with Crippen molar-refractivity contribution in [3.8, 4) is 11.5 Å². The molecule has 0 saturated heterocycles. The Morgan fingerprint density at radius 3 is 2.79 bits per heavy atom. The smallest absolute Gasteiger partial charge is 0.341 e. The van der Waals surface area contributed by atoms with Crippen molar-refractivity contribution in [3.63, 3.8) is 0 Å². The van der Waals surface area contributed by atoms with Crippen molar-refractivity contribution >= 4 is 34.2 Å². The Morgan fingerprint density at radius 1 is 1.39 bits per heavy atom. The first-order valence-corrected chi connectivity index (χ1v) is 9.29. The van der Waals surface area contributed by atoms with Gasteiger partial charge in [0, 0.05) is 18.7 Å². The van der Waals surface area contributed by atoms with Gasteiger partial charge in [0.15, 0.2) is 0 Å². The minimum Gasteiger partial charge on any atom is -0.870 e. The summed E-state index contributed by atoms with van der Waals surface area (Å²) in [6.07, 6.45) is 1.97. The van der Waals surface area contributed by atoms with Crippen molar-refractivity contribution in [2.24, 2.45) is 4.99 Å². The van der Waals surface area contributed by atoms with Crippen LogP contribution < -0.4 is 14.7 Å². The number of ether oxygens (including phenoxy) is 2. The second-order valence-electron chi connectivity index (χ2n) is 6.39. The number of carbonyl (C=O) groups is 1. The van der Waals surface area contributed by atoms with E-state index in [1.807, 2.05) is 0 Å². The van der Waals surface area contributed by atoms with E-state index in [-0.39, 0.29) is 17.0 Å².